The molecule has 0 radical (unpaired) electrons. The Balaban J connectivity index is 2.14. The molecular weight excluding hydrogens is 286 g/mol. The van der Waals surface area contributed by atoms with Gasteiger partial charge in [0, 0.05) is 24.1 Å². The van der Waals surface area contributed by atoms with Crippen LogP contribution < -0.4 is 4.90 Å². The minimum absolute atomic E-state index is 0.565. The first kappa shape index (κ1) is 13.9. The summed E-state index contributed by atoms with van der Waals surface area (Å²) >= 11 is 3.62. The number of piperidine rings is 1. The van der Waals surface area contributed by atoms with Crippen molar-refractivity contribution in [1.29, 1.82) is 0 Å². The molecule has 100 valence electrons. The quantitative estimate of drug-likeness (QED) is 0.717. The van der Waals surface area contributed by atoms with E-state index in [4.69, 9.17) is 0 Å². The van der Waals surface area contributed by atoms with Crippen LogP contribution in [0, 0.1) is 12.3 Å². The van der Waals surface area contributed by atoms with Crippen molar-refractivity contribution < 1.29 is 0 Å². The molecule has 2 heteroatoms. The molecule has 1 fully saturated rings. The van der Waals surface area contributed by atoms with Gasteiger partial charge >= 0.3 is 0 Å². The van der Waals surface area contributed by atoms with Crippen LogP contribution in [-0.2, 0) is 5.33 Å². The van der Waals surface area contributed by atoms with E-state index in [1.165, 1.54) is 49.2 Å². The number of hydrogen-bond donors (Lipinski definition) is 0. The van der Waals surface area contributed by atoms with Crippen LogP contribution in [0.3, 0.4) is 0 Å². The van der Waals surface area contributed by atoms with Gasteiger partial charge in [-0.15, -0.1) is 0 Å². The van der Waals surface area contributed by atoms with Gasteiger partial charge in [0.25, 0.3) is 0 Å². The number of nitrogens with zero attached hydrogens (tertiary/aromatic N) is 1. The Morgan fingerprint density at radius 3 is 2.50 bits per heavy atom. The third-order valence-electron chi connectivity index (χ3n) is 4.54. The second kappa shape index (κ2) is 5.64. The summed E-state index contributed by atoms with van der Waals surface area (Å²) in [6.45, 7) is 9.33. The Morgan fingerprint density at radius 2 is 1.94 bits per heavy atom. The Bertz CT molecular complexity index is 406. The summed E-state index contributed by atoms with van der Waals surface area (Å²) in [6, 6.07) is 6.83. The van der Waals surface area contributed by atoms with Crippen molar-refractivity contribution in [2.45, 2.75) is 45.4 Å². The number of alkyl halides is 1. The summed E-state index contributed by atoms with van der Waals surface area (Å²) in [5.74, 6) is 0. The van der Waals surface area contributed by atoms with Crippen LogP contribution in [0.2, 0.25) is 0 Å². The van der Waals surface area contributed by atoms with Gasteiger partial charge in [0.2, 0.25) is 0 Å². The molecule has 1 saturated heterocycles. The van der Waals surface area contributed by atoms with E-state index in [2.05, 4.69) is 59.8 Å². The molecule has 1 nitrogen and oxygen atoms in total. The second-order valence-corrected chi connectivity index (χ2v) is 6.48. The Labute approximate surface area is 120 Å². The van der Waals surface area contributed by atoms with Crippen LogP contribution in [0.4, 0.5) is 5.69 Å². The lowest BCUT2D eigenvalue weighted by Crippen LogP contribution is -2.38. The van der Waals surface area contributed by atoms with Crippen LogP contribution in [0.15, 0.2) is 18.2 Å². The molecule has 0 aliphatic carbocycles. The fourth-order valence-electron chi connectivity index (χ4n) is 2.77. The van der Waals surface area contributed by atoms with Crippen LogP contribution in [-0.4, -0.2) is 13.1 Å². The summed E-state index contributed by atoms with van der Waals surface area (Å²) in [7, 11) is 0. The second-order valence-electron chi connectivity index (χ2n) is 5.92. The van der Waals surface area contributed by atoms with E-state index in [1.807, 2.05) is 0 Å². The molecule has 1 aliphatic heterocycles. The molecule has 1 aliphatic rings. The number of benzene rings is 1. The molecule has 1 heterocycles. The SMILES string of the molecule is CCC1(C)CCN(c2ccc(C)cc2CBr)CC1. The van der Waals surface area contributed by atoms with Crippen LogP contribution >= 0.6 is 15.9 Å². The molecule has 1 aromatic rings. The molecule has 0 aromatic heterocycles. The molecule has 0 N–H and O–H groups in total. The smallest absolute Gasteiger partial charge is 0.0407 e. The molecule has 1 aromatic carbocycles. The lowest BCUT2D eigenvalue weighted by molar-refractivity contribution is 0.238. The first-order valence-electron chi connectivity index (χ1n) is 6.98. The summed E-state index contributed by atoms with van der Waals surface area (Å²) in [5, 5.41) is 0.950. The highest BCUT2D eigenvalue weighted by atomic mass is 79.9. The number of halogens is 1. The summed E-state index contributed by atoms with van der Waals surface area (Å²) in [4.78, 5) is 2.56. The zero-order valence-corrected chi connectivity index (χ0v) is 13.4. The Morgan fingerprint density at radius 1 is 1.28 bits per heavy atom. The lowest BCUT2D eigenvalue weighted by Gasteiger charge is -2.40. The van der Waals surface area contributed by atoms with Gasteiger partial charge in [0.1, 0.15) is 0 Å². The average molecular weight is 310 g/mol. The normalized spacial score (nSPS) is 19.0. The van der Waals surface area contributed by atoms with Gasteiger partial charge in [-0.2, -0.15) is 0 Å². The van der Waals surface area contributed by atoms with Crippen LogP contribution in [0.5, 0.6) is 0 Å². The highest BCUT2D eigenvalue weighted by Crippen LogP contribution is 2.36. The minimum Gasteiger partial charge on any atom is -0.371 e. The first-order chi connectivity index (χ1) is 8.58. The molecule has 0 bridgehead atoms. The van der Waals surface area contributed by atoms with E-state index in [1.54, 1.807) is 0 Å². The molecule has 0 spiro atoms. The monoisotopic (exact) mass is 309 g/mol. The third-order valence-corrected chi connectivity index (χ3v) is 5.15. The zero-order valence-electron chi connectivity index (χ0n) is 11.8. The van der Waals surface area contributed by atoms with E-state index in [0.717, 1.165) is 5.33 Å². The molecule has 2 rings (SSSR count). The maximum atomic E-state index is 3.62. The van der Waals surface area contributed by atoms with Crippen LogP contribution in [0.25, 0.3) is 0 Å². The molecule has 0 atom stereocenters. The number of hydrogen-bond acceptors (Lipinski definition) is 1. The highest BCUT2D eigenvalue weighted by Gasteiger charge is 2.28. The Kier molecular flexibility index (Phi) is 4.37. The van der Waals surface area contributed by atoms with E-state index in [9.17, 15) is 0 Å². The maximum absolute atomic E-state index is 3.62. The third kappa shape index (κ3) is 2.90. The van der Waals surface area contributed by atoms with Crippen molar-refractivity contribution in [3.63, 3.8) is 0 Å². The van der Waals surface area contributed by atoms with E-state index in [0.29, 0.717) is 5.41 Å². The van der Waals surface area contributed by atoms with Crippen molar-refractivity contribution in [3.8, 4) is 0 Å². The number of rotatable bonds is 3. The summed E-state index contributed by atoms with van der Waals surface area (Å²) in [5.41, 5.74) is 4.77. The molecule has 18 heavy (non-hydrogen) atoms. The van der Waals surface area contributed by atoms with E-state index in [-0.39, 0.29) is 0 Å². The standard InChI is InChI=1S/C16H24BrN/c1-4-16(3)7-9-18(10-8-16)15-6-5-13(2)11-14(15)12-17/h5-6,11H,4,7-10,12H2,1-3H3. The maximum Gasteiger partial charge on any atom is 0.0407 e. The van der Waals surface area contributed by atoms with Crippen molar-refractivity contribution in [1.82, 2.24) is 0 Å². The van der Waals surface area contributed by atoms with Gasteiger partial charge < -0.3 is 4.90 Å². The predicted octanol–water partition coefficient (Wildman–Crippen LogP) is 4.91. The fourth-order valence-corrected chi connectivity index (χ4v) is 3.22. The number of anilines is 1. The molecule has 0 saturated carbocycles. The molecule has 0 amide bonds. The van der Waals surface area contributed by atoms with Gasteiger partial charge in [0.05, 0.1) is 0 Å². The zero-order chi connectivity index (χ0) is 13.2. The largest absolute Gasteiger partial charge is 0.371 e. The predicted molar refractivity (Wildman–Crippen MR) is 83.7 cm³/mol. The Hall–Kier alpha value is -0.500. The van der Waals surface area contributed by atoms with Crippen molar-refractivity contribution in [3.05, 3.63) is 29.3 Å². The van der Waals surface area contributed by atoms with E-state index < -0.39 is 0 Å². The van der Waals surface area contributed by atoms with Gasteiger partial charge in [-0.1, -0.05) is 53.9 Å². The van der Waals surface area contributed by atoms with Crippen molar-refractivity contribution >= 4 is 21.6 Å². The first-order valence-corrected chi connectivity index (χ1v) is 8.10. The average Bonchev–Trinajstić information content (AvgIpc) is 2.40. The fraction of sp³-hybridized carbons (Fsp3) is 0.625. The van der Waals surface area contributed by atoms with Gasteiger partial charge in [-0.05, 0) is 36.8 Å². The number of aryl methyl sites for hydroxylation is 1. The topological polar surface area (TPSA) is 3.24 Å². The van der Waals surface area contributed by atoms with Crippen LogP contribution in [0.1, 0.15) is 44.2 Å². The summed E-state index contributed by atoms with van der Waals surface area (Å²) in [6.07, 6.45) is 3.94. The van der Waals surface area contributed by atoms with E-state index >= 15 is 0 Å². The molecule has 0 unspecified atom stereocenters. The van der Waals surface area contributed by atoms with Gasteiger partial charge in [0.15, 0.2) is 0 Å². The minimum atomic E-state index is 0.565. The van der Waals surface area contributed by atoms with Gasteiger partial charge in [-0.3, -0.25) is 0 Å². The van der Waals surface area contributed by atoms with Crippen molar-refractivity contribution in [2.24, 2.45) is 5.41 Å². The van der Waals surface area contributed by atoms with Crippen molar-refractivity contribution in [2.75, 3.05) is 18.0 Å². The summed E-state index contributed by atoms with van der Waals surface area (Å²) < 4.78 is 0. The van der Waals surface area contributed by atoms with Gasteiger partial charge in [-0.25, -0.2) is 0 Å². The highest BCUT2D eigenvalue weighted by molar-refractivity contribution is 9.08. The molecular formula is C16H24BrN. The lowest BCUT2D eigenvalue weighted by atomic mass is 9.78.